The van der Waals surface area contributed by atoms with E-state index in [0.29, 0.717) is 23.6 Å². The van der Waals surface area contributed by atoms with Gasteiger partial charge in [-0.1, -0.05) is 0 Å². The molecule has 2 rings (SSSR count). The van der Waals surface area contributed by atoms with E-state index in [9.17, 15) is 8.78 Å². The van der Waals surface area contributed by atoms with Crippen molar-refractivity contribution >= 4 is 0 Å². The van der Waals surface area contributed by atoms with Crippen LogP contribution in [0.3, 0.4) is 0 Å². The highest BCUT2D eigenvalue weighted by atomic mass is 19.1. The van der Waals surface area contributed by atoms with Crippen molar-refractivity contribution in [2.75, 3.05) is 20.1 Å². The number of hydrogen-bond acceptors (Lipinski definition) is 2. The summed E-state index contributed by atoms with van der Waals surface area (Å²) >= 11 is 0. The van der Waals surface area contributed by atoms with Gasteiger partial charge in [-0.2, -0.15) is 0 Å². The summed E-state index contributed by atoms with van der Waals surface area (Å²) in [6.45, 7) is 3.15. The molecule has 1 saturated heterocycles. The van der Waals surface area contributed by atoms with Gasteiger partial charge in [0.1, 0.15) is 11.6 Å². The molecule has 1 aromatic carbocycles. The molecule has 0 radical (unpaired) electrons. The van der Waals surface area contributed by atoms with Crippen molar-refractivity contribution in [2.24, 2.45) is 11.7 Å². The van der Waals surface area contributed by atoms with Crippen LogP contribution in [0.1, 0.15) is 23.6 Å². The molecule has 94 valence electrons. The van der Waals surface area contributed by atoms with E-state index in [4.69, 9.17) is 5.73 Å². The fraction of sp³-hybridized carbons (Fsp3) is 0.538. The van der Waals surface area contributed by atoms with Crippen LogP contribution in [0.5, 0.6) is 0 Å². The Morgan fingerprint density at radius 1 is 1.35 bits per heavy atom. The van der Waals surface area contributed by atoms with E-state index < -0.39 is 11.6 Å². The fourth-order valence-electron chi connectivity index (χ4n) is 2.57. The molecule has 17 heavy (non-hydrogen) atoms. The second kappa shape index (κ2) is 4.70. The van der Waals surface area contributed by atoms with Crippen LogP contribution >= 0.6 is 0 Å². The highest BCUT2D eigenvalue weighted by molar-refractivity contribution is 5.29. The monoisotopic (exact) mass is 240 g/mol. The lowest BCUT2D eigenvalue weighted by atomic mass is 9.98. The van der Waals surface area contributed by atoms with Crippen LogP contribution in [-0.2, 0) is 0 Å². The van der Waals surface area contributed by atoms with Crippen molar-refractivity contribution in [3.05, 3.63) is 34.9 Å². The zero-order valence-electron chi connectivity index (χ0n) is 10.2. The minimum atomic E-state index is -0.484. The minimum Gasteiger partial charge on any atom is -0.330 e. The maximum atomic E-state index is 13.8. The van der Waals surface area contributed by atoms with Crippen LogP contribution in [0.25, 0.3) is 0 Å². The van der Waals surface area contributed by atoms with Crippen LogP contribution in [0.2, 0.25) is 0 Å². The van der Waals surface area contributed by atoms with Gasteiger partial charge in [0.25, 0.3) is 0 Å². The number of rotatable bonds is 2. The Morgan fingerprint density at radius 3 is 2.65 bits per heavy atom. The zero-order chi connectivity index (χ0) is 12.6. The third-order valence-electron chi connectivity index (χ3n) is 3.61. The van der Waals surface area contributed by atoms with Gasteiger partial charge in [0.15, 0.2) is 0 Å². The van der Waals surface area contributed by atoms with Gasteiger partial charge < -0.3 is 5.73 Å². The summed E-state index contributed by atoms with van der Waals surface area (Å²) in [4.78, 5) is 2.09. The molecule has 1 aromatic rings. The van der Waals surface area contributed by atoms with Crippen LogP contribution in [0.4, 0.5) is 8.78 Å². The maximum Gasteiger partial charge on any atom is 0.130 e. The van der Waals surface area contributed by atoms with E-state index in [2.05, 4.69) is 4.90 Å². The fourth-order valence-corrected chi connectivity index (χ4v) is 2.57. The first-order valence-corrected chi connectivity index (χ1v) is 5.88. The molecule has 1 heterocycles. The largest absolute Gasteiger partial charge is 0.330 e. The second-order valence-corrected chi connectivity index (χ2v) is 4.92. The van der Waals surface area contributed by atoms with Crippen LogP contribution in [-0.4, -0.2) is 25.0 Å². The molecule has 0 saturated carbocycles. The number of likely N-dealkylation sites (tertiary alicyclic amines) is 1. The summed E-state index contributed by atoms with van der Waals surface area (Å²) in [7, 11) is 1.96. The Hall–Kier alpha value is -1.00. The molecule has 0 amide bonds. The van der Waals surface area contributed by atoms with Crippen molar-refractivity contribution in [3.63, 3.8) is 0 Å². The number of hydrogen-bond donors (Lipinski definition) is 1. The number of benzene rings is 1. The summed E-state index contributed by atoms with van der Waals surface area (Å²) < 4.78 is 27.0. The van der Waals surface area contributed by atoms with Crippen molar-refractivity contribution < 1.29 is 8.78 Å². The summed E-state index contributed by atoms with van der Waals surface area (Å²) in [5, 5.41) is 0. The first-order valence-electron chi connectivity index (χ1n) is 5.88. The van der Waals surface area contributed by atoms with E-state index in [1.165, 1.54) is 0 Å². The number of nitrogens with two attached hydrogens (primary N) is 1. The standard InChI is InChI=1S/C13H18F2N2/c1-8-3-10(12(15)5-11(8)14)13-4-9(6-16)7-17(13)2/h3,5,9,13H,4,6-7,16H2,1-2H3. The lowest BCUT2D eigenvalue weighted by Gasteiger charge is -2.20. The molecule has 4 heteroatoms. The van der Waals surface area contributed by atoms with Crippen LogP contribution < -0.4 is 5.73 Å². The first-order chi connectivity index (χ1) is 8.02. The van der Waals surface area contributed by atoms with Crippen LogP contribution in [0.15, 0.2) is 12.1 Å². The molecule has 0 bridgehead atoms. The number of aryl methyl sites for hydroxylation is 1. The highest BCUT2D eigenvalue weighted by Gasteiger charge is 2.31. The summed E-state index contributed by atoms with van der Waals surface area (Å²) in [6, 6.07) is 2.61. The number of nitrogens with zero attached hydrogens (tertiary/aromatic N) is 1. The predicted molar refractivity (Wildman–Crippen MR) is 63.6 cm³/mol. The lowest BCUT2D eigenvalue weighted by molar-refractivity contribution is 0.306. The smallest absolute Gasteiger partial charge is 0.130 e. The van der Waals surface area contributed by atoms with Gasteiger partial charge in [0.2, 0.25) is 0 Å². The van der Waals surface area contributed by atoms with Crippen molar-refractivity contribution in [2.45, 2.75) is 19.4 Å². The van der Waals surface area contributed by atoms with Crippen molar-refractivity contribution in [3.8, 4) is 0 Å². The van der Waals surface area contributed by atoms with Gasteiger partial charge in [-0.15, -0.1) is 0 Å². The predicted octanol–water partition coefficient (Wildman–Crippen LogP) is 2.22. The molecule has 2 N–H and O–H groups in total. The van der Waals surface area contributed by atoms with E-state index in [1.807, 2.05) is 7.05 Å². The Labute approximate surface area is 100 Å². The van der Waals surface area contributed by atoms with Gasteiger partial charge in [0.05, 0.1) is 0 Å². The number of halogens is 2. The quantitative estimate of drug-likeness (QED) is 0.859. The van der Waals surface area contributed by atoms with Gasteiger partial charge >= 0.3 is 0 Å². The van der Waals surface area contributed by atoms with E-state index >= 15 is 0 Å². The summed E-state index contributed by atoms with van der Waals surface area (Å²) in [6.07, 6.45) is 0.842. The first kappa shape index (κ1) is 12.5. The van der Waals surface area contributed by atoms with Gasteiger partial charge in [-0.05, 0) is 44.5 Å². The van der Waals surface area contributed by atoms with E-state index in [1.54, 1.807) is 13.0 Å². The van der Waals surface area contributed by atoms with Gasteiger partial charge in [-0.3, -0.25) is 4.90 Å². The Morgan fingerprint density at radius 2 is 2.06 bits per heavy atom. The van der Waals surface area contributed by atoms with E-state index in [-0.39, 0.29) is 6.04 Å². The summed E-state index contributed by atoms with van der Waals surface area (Å²) in [5.74, 6) is -0.542. The van der Waals surface area contributed by atoms with Crippen molar-refractivity contribution in [1.29, 1.82) is 0 Å². The molecular weight excluding hydrogens is 222 g/mol. The Bertz CT molecular complexity index is 420. The molecule has 0 aromatic heterocycles. The lowest BCUT2D eigenvalue weighted by Crippen LogP contribution is -2.21. The Balaban J connectivity index is 2.31. The molecule has 0 aliphatic carbocycles. The van der Waals surface area contributed by atoms with Crippen molar-refractivity contribution in [1.82, 2.24) is 4.90 Å². The molecule has 2 atom stereocenters. The molecule has 1 aliphatic rings. The third-order valence-corrected chi connectivity index (χ3v) is 3.61. The normalized spacial score (nSPS) is 25.5. The molecule has 2 nitrogen and oxygen atoms in total. The van der Waals surface area contributed by atoms with Gasteiger partial charge in [-0.25, -0.2) is 8.78 Å². The van der Waals surface area contributed by atoms with Gasteiger partial charge in [0, 0.05) is 24.2 Å². The topological polar surface area (TPSA) is 29.3 Å². The van der Waals surface area contributed by atoms with Crippen LogP contribution in [0, 0.1) is 24.5 Å². The molecular formula is C13H18F2N2. The highest BCUT2D eigenvalue weighted by Crippen LogP contribution is 2.35. The molecule has 2 unspecified atom stereocenters. The summed E-state index contributed by atoms with van der Waals surface area (Å²) in [5.41, 5.74) is 6.73. The average molecular weight is 240 g/mol. The third kappa shape index (κ3) is 2.33. The molecule has 0 spiro atoms. The molecule has 1 fully saturated rings. The second-order valence-electron chi connectivity index (χ2n) is 4.92. The maximum absolute atomic E-state index is 13.8. The molecule has 1 aliphatic heterocycles. The average Bonchev–Trinajstić information content (AvgIpc) is 2.65. The SMILES string of the molecule is Cc1cc(C2CC(CN)CN2C)c(F)cc1F. The van der Waals surface area contributed by atoms with E-state index in [0.717, 1.165) is 19.0 Å². The Kier molecular flexibility index (Phi) is 3.45. The minimum absolute atomic E-state index is 0.0165. The zero-order valence-corrected chi connectivity index (χ0v) is 10.2.